The molecule has 1 aromatic heterocycles. The van der Waals surface area contributed by atoms with Gasteiger partial charge in [0.2, 0.25) is 5.95 Å². The van der Waals surface area contributed by atoms with Crippen molar-refractivity contribution in [3.8, 4) is 11.5 Å². The van der Waals surface area contributed by atoms with Crippen LogP contribution in [0.25, 0.3) is 5.70 Å². The van der Waals surface area contributed by atoms with Gasteiger partial charge in [-0.25, -0.2) is 4.68 Å². The van der Waals surface area contributed by atoms with Crippen molar-refractivity contribution in [2.75, 3.05) is 19.5 Å². The van der Waals surface area contributed by atoms with Gasteiger partial charge in [-0.05, 0) is 42.0 Å². The Morgan fingerprint density at radius 3 is 2.62 bits per heavy atom. The minimum absolute atomic E-state index is 0.190. The Hall–Kier alpha value is -2.99. The van der Waals surface area contributed by atoms with Crippen LogP contribution in [-0.2, 0) is 0 Å². The number of methoxy groups -OCH3 is 2. The highest BCUT2D eigenvalue weighted by atomic mass is 35.5. The largest absolute Gasteiger partial charge is 0.497 e. The van der Waals surface area contributed by atoms with Gasteiger partial charge < -0.3 is 14.8 Å². The molecule has 0 saturated heterocycles. The Morgan fingerprint density at radius 2 is 1.88 bits per heavy atom. The molecular formula is C19H17ClN4O2. The first kappa shape index (κ1) is 16.5. The van der Waals surface area contributed by atoms with Gasteiger partial charge >= 0.3 is 0 Å². The van der Waals surface area contributed by atoms with Gasteiger partial charge in [-0.2, -0.15) is 10.1 Å². The molecule has 0 spiro atoms. The summed E-state index contributed by atoms with van der Waals surface area (Å²) in [6.07, 6.45) is 3.61. The van der Waals surface area contributed by atoms with Gasteiger partial charge in [0.15, 0.2) is 0 Å². The third-order valence-corrected chi connectivity index (χ3v) is 4.57. The molecule has 26 heavy (non-hydrogen) atoms. The summed E-state index contributed by atoms with van der Waals surface area (Å²) in [6, 6.07) is 13.2. The van der Waals surface area contributed by atoms with Crippen molar-refractivity contribution in [3.63, 3.8) is 0 Å². The number of nitrogens with one attached hydrogen (secondary N) is 1. The Bertz CT molecular complexity index is 966. The fourth-order valence-corrected chi connectivity index (χ4v) is 3.15. The number of halogens is 1. The van der Waals surface area contributed by atoms with E-state index >= 15 is 0 Å². The molecule has 0 fully saturated rings. The van der Waals surface area contributed by atoms with Gasteiger partial charge in [-0.1, -0.05) is 23.7 Å². The van der Waals surface area contributed by atoms with Crippen molar-refractivity contribution in [1.29, 1.82) is 0 Å². The maximum Gasteiger partial charge on any atom is 0.226 e. The highest BCUT2D eigenvalue weighted by molar-refractivity contribution is 6.30. The Morgan fingerprint density at radius 1 is 1.08 bits per heavy atom. The molecule has 0 radical (unpaired) electrons. The quantitative estimate of drug-likeness (QED) is 0.754. The number of aromatic nitrogens is 3. The fraction of sp³-hybridized carbons (Fsp3) is 0.158. The van der Waals surface area contributed by atoms with Crippen LogP contribution in [0.2, 0.25) is 5.02 Å². The van der Waals surface area contributed by atoms with Gasteiger partial charge in [0.25, 0.3) is 0 Å². The predicted molar refractivity (Wildman–Crippen MR) is 101 cm³/mol. The summed E-state index contributed by atoms with van der Waals surface area (Å²) in [5.41, 5.74) is 2.87. The van der Waals surface area contributed by atoms with Gasteiger partial charge in [0.1, 0.15) is 23.9 Å². The minimum Gasteiger partial charge on any atom is -0.497 e. The van der Waals surface area contributed by atoms with Gasteiger partial charge in [-0.3, -0.25) is 0 Å². The van der Waals surface area contributed by atoms with E-state index in [1.165, 1.54) is 6.33 Å². The number of allylic oxidation sites excluding steroid dienone is 1. The number of ether oxygens (including phenoxy) is 2. The molecule has 2 heterocycles. The molecule has 0 amide bonds. The molecule has 132 valence electrons. The maximum absolute atomic E-state index is 6.01. The SMILES string of the molecule is COc1ccc(OC)c([C@H]2C=C(c3ccc(Cl)cc3)Nc3ncnn32)c1. The first-order valence-electron chi connectivity index (χ1n) is 8.06. The summed E-state index contributed by atoms with van der Waals surface area (Å²) in [4.78, 5) is 4.33. The summed E-state index contributed by atoms with van der Waals surface area (Å²) in [6.45, 7) is 0. The summed E-state index contributed by atoms with van der Waals surface area (Å²) >= 11 is 6.01. The number of hydrogen-bond acceptors (Lipinski definition) is 5. The van der Waals surface area contributed by atoms with E-state index in [-0.39, 0.29) is 6.04 Å². The van der Waals surface area contributed by atoms with Crippen LogP contribution in [0, 0.1) is 0 Å². The summed E-state index contributed by atoms with van der Waals surface area (Å²) < 4.78 is 12.8. The molecule has 0 bridgehead atoms. The molecule has 6 nitrogen and oxygen atoms in total. The second-order valence-electron chi connectivity index (χ2n) is 5.79. The summed E-state index contributed by atoms with van der Waals surface area (Å²) in [5, 5.41) is 8.38. The van der Waals surface area contributed by atoms with E-state index in [0.29, 0.717) is 11.0 Å². The molecular weight excluding hydrogens is 352 g/mol. The van der Waals surface area contributed by atoms with Crippen LogP contribution in [0.4, 0.5) is 5.95 Å². The molecule has 0 unspecified atom stereocenters. The van der Waals surface area contributed by atoms with E-state index in [1.54, 1.807) is 14.2 Å². The molecule has 7 heteroatoms. The zero-order chi connectivity index (χ0) is 18.1. The fourth-order valence-electron chi connectivity index (χ4n) is 3.02. The number of fused-ring (bicyclic) bond motifs is 1. The van der Waals surface area contributed by atoms with E-state index in [4.69, 9.17) is 21.1 Å². The van der Waals surface area contributed by atoms with Gasteiger partial charge in [0, 0.05) is 16.3 Å². The lowest BCUT2D eigenvalue weighted by Crippen LogP contribution is -2.20. The Balaban J connectivity index is 1.85. The zero-order valence-electron chi connectivity index (χ0n) is 14.3. The van der Waals surface area contributed by atoms with Crippen molar-refractivity contribution in [2.45, 2.75) is 6.04 Å². The minimum atomic E-state index is -0.190. The van der Waals surface area contributed by atoms with Crippen LogP contribution < -0.4 is 14.8 Å². The predicted octanol–water partition coefficient (Wildman–Crippen LogP) is 4.00. The Kier molecular flexibility index (Phi) is 4.26. The monoisotopic (exact) mass is 368 g/mol. The molecule has 1 N–H and O–H groups in total. The Labute approximate surface area is 156 Å². The lowest BCUT2D eigenvalue weighted by molar-refractivity contribution is 0.394. The van der Waals surface area contributed by atoms with Crippen molar-refractivity contribution in [1.82, 2.24) is 14.8 Å². The number of anilines is 1. The number of benzene rings is 2. The molecule has 2 aromatic carbocycles. The molecule has 3 aromatic rings. The van der Waals surface area contributed by atoms with Crippen molar-refractivity contribution < 1.29 is 9.47 Å². The van der Waals surface area contributed by atoms with E-state index in [9.17, 15) is 0 Å². The zero-order valence-corrected chi connectivity index (χ0v) is 15.1. The van der Waals surface area contributed by atoms with E-state index in [0.717, 1.165) is 28.3 Å². The van der Waals surface area contributed by atoms with Crippen LogP contribution in [-0.4, -0.2) is 29.0 Å². The highest BCUT2D eigenvalue weighted by Crippen LogP contribution is 2.37. The lowest BCUT2D eigenvalue weighted by atomic mass is 10.0. The average molecular weight is 369 g/mol. The smallest absolute Gasteiger partial charge is 0.226 e. The topological polar surface area (TPSA) is 61.2 Å². The van der Waals surface area contributed by atoms with E-state index in [2.05, 4.69) is 21.5 Å². The molecule has 1 aliphatic rings. The van der Waals surface area contributed by atoms with Crippen LogP contribution in [0.3, 0.4) is 0 Å². The van der Waals surface area contributed by atoms with Gasteiger partial charge in [0.05, 0.1) is 14.2 Å². The lowest BCUT2D eigenvalue weighted by Gasteiger charge is -2.25. The normalized spacial score (nSPS) is 15.7. The van der Waals surface area contributed by atoms with Crippen LogP contribution in [0.1, 0.15) is 17.2 Å². The second-order valence-corrected chi connectivity index (χ2v) is 6.23. The van der Waals surface area contributed by atoms with E-state index < -0.39 is 0 Å². The van der Waals surface area contributed by atoms with Crippen molar-refractivity contribution in [3.05, 3.63) is 71.0 Å². The van der Waals surface area contributed by atoms with Gasteiger partial charge in [-0.15, -0.1) is 0 Å². The van der Waals surface area contributed by atoms with Crippen molar-refractivity contribution in [2.24, 2.45) is 0 Å². The van der Waals surface area contributed by atoms with Crippen LogP contribution in [0.15, 0.2) is 54.9 Å². The summed E-state index contributed by atoms with van der Waals surface area (Å²) in [5.74, 6) is 2.17. The molecule has 1 aliphatic heterocycles. The van der Waals surface area contributed by atoms with Crippen LogP contribution >= 0.6 is 11.6 Å². The second kappa shape index (κ2) is 6.72. The number of nitrogens with zero attached hydrogens (tertiary/aromatic N) is 3. The highest BCUT2D eigenvalue weighted by Gasteiger charge is 2.26. The molecule has 0 saturated carbocycles. The maximum atomic E-state index is 6.01. The molecule has 0 aliphatic carbocycles. The molecule has 4 rings (SSSR count). The average Bonchev–Trinajstić information content (AvgIpc) is 3.16. The number of hydrogen-bond donors (Lipinski definition) is 1. The first-order valence-corrected chi connectivity index (χ1v) is 8.43. The van der Waals surface area contributed by atoms with Crippen molar-refractivity contribution >= 4 is 23.2 Å². The van der Waals surface area contributed by atoms with Crippen LogP contribution in [0.5, 0.6) is 11.5 Å². The third kappa shape index (κ3) is 2.88. The number of rotatable bonds is 4. The van der Waals surface area contributed by atoms with E-state index in [1.807, 2.05) is 47.1 Å². The summed E-state index contributed by atoms with van der Waals surface area (Å²) in [7, 11) is 3.29. The first-order chi connectivity index (χ1) is 12.7. The molecule has 1 atom stereocenters. The standard InChI is InChI=1S/C19H17ClN4O2/c1-25-14-7-8-18(26-2)15(9-14)17-10-16(12-3-5-13(20)6-4-12)23-19-21-11-22-24(17)19/h3-11,17H,1-2H3,(H,21,22,23)/t17-/m1/s1. The third-order valence-electron chi connectivity index (χ3n) is 4.32.